The summed E-state index contributed by atoms with van der Waals surface area (Å²) in [4.78, 5) is 11.4. The highest BCUT2D eigenvalue weighted by Gasteiger charge is 2.36. The molecule has 2 aliphatic rings. The maximum absolute atomic E-state index is 11.4. The van der Waals surface area contributed by atoms with E-state index in [9.17, 15) is 4.79 Å². The normalized spacial score (nSPS) is 28.2. The molecule has 0 radical (unpaired) electrons. The Balaban J connectivity index is 1.47. The number of nitrogens with one attached hydrogen (secondary N) is 1. The summed E-state index contributed by atoms with van der Waals surface area (Å²) < 4.78 is 11.4. The van der Waals surface area contributed by atoms with E-state index in [2.05, 4.69) is 55.6 Å². The van der Waals surface area contributed by atoms with Crippen LogP contribution in [0.25, 0.3) is 10.8 Å². The fourth-order valence-corrected chi connectivity index (χ4v) is 4.37. The van der Waals surface area contributed by atoms with Crippen molar-refractivity contribution in [1.82, 2.24) is 5.32 Å². The van der Waals surface area contributed by atoms with Gasteiger partial charge in [-0.1, -0.05) is 32.0 Å². The molecule has 2 fully saturated rings. The van der Waals surface area contributed by atoms with Gasteiger partial charge in [0.05, 0.1) is 11.6 Å². The number of amides is 1. The molecule has 1 heterocycles. The highest BCUT2D eigenvalue weighted by Crippen LogP contribution is 2.33. The molecular formula is C23H29NO3. The van der Waals surface area contributed by atoms with Gasteiger partial charge in [-0.3, -0.25) is 0 Å². The SMILES string of the molecule is CC(C)[C@H]1CC[C@@H](Oc2ccc3cc([C@]4(C)COC(=O)N4)ccc3c2)CC1. The zero-order valence-electron chi connectivity index (χ0n) is 16.5. The van der Waals surface area contributed by atoms with Crippen LogP contribution in [-0.4, -0.2) is 18.8 Å². The number of hydrogen-bond acceptors (Lipinski definition) is 3. The van der Waals surface area contributed by atoms with Crippen molar-refractivity contribution in [3.63, 3.8) is 0 Å². The summed E-state index contributed by atoms with van der Waals surface area (Å²) >= 11 is 0. The Labute approximate surface area is 161 Å². The van der Waals surface area contributed by atoms with Gasteiger partial charge in [0.15, 0.2) is 0 Å². The molecule has 1 amide bonds. The molecule has 27 heavy (non-hydrogen) atoms. The molecule has 1 saturated carbocycles. The minimum Gasteiger partial charge on any atom is -0.490 e. The lowest BCUT2D eigenvalue weighted by Gasteiger charge is -2.31. The number of benzene rings is 2. The maximum atomic E-state index is 11.4. The Kier molecular flexibility index (Phi) is 4.75. The number of cyclic esters (lactones) is 1. The van der Waals surface area contributed by atoms with Crippen LogP contribution < -0.4 is 10.1 Å². The zero-order chi connectivity index (χ0) is 19.0. The second-order valence-corrected chi connectivity index (χ2v) is 8.66. The lowest BCUT2D eigenvalue weighted by Crippen LogP contribution is -2.37. The minimum absolute atomic E-state index is 0.335. The quantitative estimate of drug-likeness (QED) is 0.788. The summed E-state index contributed by atoms with van der Waals surface area (Å²) in [5, 5.41) is 5.20. The predicted molar refractivity (Wildman–Crippen MR) is 107 cm³/mol. The molecule has 1 saturated heterocycles. The zero-order valence-corrected chi connectivity index (χ0v) is 16.5. The number of carbonyl (C=O) groups excluding carboxylic acids is 1. The number of carbonyl (C=O) groups is 1. The molecule has 0 bridgehead atoms. The molecule has 0 unspecified atom stereocenters. The minimum atomic E-state index is -0.463. The van der Waals surface area contributed by atoms with Crippen LogP contribution in [-0.2, 0) is 10.3 Å². The Morgan fingerprint density at radius 2 is 1.78 bits per heavy atom. The molecule has 4 heteroatoms. The Bertz CT molecular complexity index is 839. The molecule has 0 spiro atoms. The van der Waals surface area contributed by atoms with Gasteiger partial charge in [-0.15, -0.1) is 0 Å². The summed E-state index contributed by atoms with van der Waals surface area (Å²) in [5.41, 5.74) is 0.594. The third kappa shape index (κ3) is 3.76. The summed E-state index contributed by atoms with van der Waals surface area (Å²) in [6.45, 7) is 7.00. The third-order valence-electron chi connectivity index (χ3n) is 6.28. The van der Waals surface area contributed by atoms with E-state index in [1.807, 2.05) is 6.92 Å². The molecule has 4 rings (SSSR count). The third-order valence-corrected chi connectivity index (χ3v) is 6.28. The van der Waals surface area contributed by atoms with Crippen LogP contribution in [0.5, 0.6) is 5.75 Å². The van der Waals surface area contributed by atoms with Gasteiger partial charge in [-0.05, 0) is 79.0 Å². The fraction of sp³-hybridized carbons (Fsp3) is 0.522. The van der Waals surface area contributed by atoms with E-state index in [1.54, 1.807) is 0 Å². The average molecular weight is 367 g/mol. The van der Waals surface area contributed by atoms with E-state index in [4.69, 9.17) is 9.47 Å². The fourth-order valence-electron chi connectivity index (χ4n) is 4.37. The van der Waals surface area contributed by atoms with Crippen molar-refractivity contribution in [2.45, 2.75) is 58.1 Å². The molecule has 1 atom stereocenters. The summed E-state index contributed by atoms with van der Waals surface area (Å²) in [5.74, 6) is 2.57. The highest BCUT2D eigenvalue weighted by atomic mass is 16.6. The molecular weight excluding hydrogens is 338 g/mol. The van der Waals surface area contributed by atoms with Gasteiger partial charge in [-0.25, -0.2) is 4.79 Å². The number of fused-ring (bicyclic) bond motifs is 1. The Hall–Kier alpha value is -2.23. The van der Waals surface area contributed by atoms with E-state index in [1.165, 1.54) is 12.8 Å². The van der Waals surface area contributed by atoms with Gasteiger partial charge >= 0.3 is 6.09 Å². The van der Waals surface area contributed by atoms with E-state index in [0.717, 1.165) is 46.8 Å². The van der Waals surface area contributed by atoms with Crippen molar-refractivity contribution in [3.8, 4) is 5.75 Å². The average Bonchev–Trinajstić information content (AvgIpc) is 3.02. The number of hydrogen-bond donors (Lipinski definition) is 1. The topological polar surface area (TPSA) is 47.6 Å². The Morgan fingerprint density at radius 3 is 2.44 bits per heavy atom. The van der Waals surface area contributed by atoms with Crippen LogP contribution in [0.2, 0.25) is 0 Å². The van der Waals surface area contributed by atoms with Crippen LogP contribution in [0.15, 0.2) is 36.4 Å². The number of alkyl carbamates (subject to hydrolysis) is 1. The second-order valence-electron chi connectivity index (χ2n) is 8.66. The first-order valence-electron chi connectivity index (χ1n) is 10.1. The number of ether oxygens (including phenoxy) is 2. The molecule has 1 aliphatic carbocycles. The van der Waals surface area contributed by atoms with E-state index in [-0.39, 0.29) is 6.09 Å². The van der Waals surface area contributed by atoms with Crippen molar-refractivity contribution in [1.29, 1.82) is 0 Å². The van der Waals surface area contributed by atoms with Crippen LogP contribution in [0.4, 0.5) is 4.79 Å². The van der Waals surface area contributed by atoms with Gasteiger partial charge in [0.1, 0.15) is 12.4 Å². The van der Waals surface area contributed by atoms with Crippen LogP contribution in [0.3, 0.4) is 0 Å². The molecule has 2 aromatic rings. The maximum Gasteiger partial charge on any atom is 0.408 e. The lowest BCUT2D eigenvalue weighted by atomic mass is 9.80. The molecule has 1 aliphatic heterocycles. The van der Waals surface area contributed by atoms with Crippen molar-refractivity contribution in [2.24, 2.45) is 11.8 Å². The van der Waals surface area contributed by atoms with E-state index < -0.39 is 5.54 Å². The summed E-state index contributed by atoms with van der Waals surface area (Å²) in [6, 6.07) is 12.6. The van der Waals surface area contributed by atoms with Crippen molar-refractivity contribution in [3.05, 3.63) is 42.0 Å². The first-order valence-corrected chi connectivity index (χ1v) is 10.1. The monoisotopic (exact) mass is 367 g/mol. The molecule has 144 valence electrons. The van der Waals surface area contributed by atoms with Crippen molar-refractivity contribution >= 4 is 16.9 Å². The van der Waals surface area contributed by atoms with Gasteiger partial charge in [-0.2, -0.15) is 0 Å². The standard InChI is InChI=1S/C23H29NO3/c1-15(2)16-5-9-20(10-6-16)27-21-11-7-17-12-19(8-4-18(17)13-21)23(3)14-26-22(25)24-23/h4,7-8,11-13,15-16,20H,5-6,9-10,14H2,1-3H3,(H,24,25)/t16-,20+,23-/m0/s1. The van der Waals surface area contributed by atoms with Gasteiger partial charge < -0.3 is 14.8 Å². The first kappa shape index (κ1) is 18.1. The molecule has 0 aromatic heterocycles. The van der Waals surface area contributed by atoms with Crippen LogP contribution in [0, 0.1) is 11.8 Å². The highest BCUT2D eigenvalue weighted by molar-refractivity contribution is 5.85. The summed E-state index contributed by atoms with van der Waals surface area (Å²) in [7, 11) is 0. The molecule has 1 N–H and O–H groups in total. The summed E-state index contributed by atoms with van der Waals surface area (Å²) in [6.07, 6.45) is 4.82. The van der Waals surface area contributed by atoms with Gasteiger partial charge in [0.2, 0.25) is 0 Å². The number of rotatable bonds is 4. The van der Waals surface area contributed by atoms with Crippen molar-refractivity contribution in [2.75, 3.05) is 6.61 Å². The predicted octanol–water partition coefficient (Wildman–Crippen LogP) is 5.39. The van der Waals surface area contributed by atoms with Crippen LogP contribution in [0.1, 0.15) is 52.0 Å². The van der Waals surface area contributed by atoms with Crippen LogP contribution >= 0.6 is 0 Å². The largest absolute Gasteiger partial charge is 0.490 e. The van der Waals surface area contributed by atoms with Crippen molar-refractivity contribution < 1.29 is 14.3 Å². The molecule has 2 aromatic carbocycles. The smallest absolute Gasteiger partial charge is 0.408 e. The first-order chi connectivity index (χ1) is 12.9. The molecule has 4 nitrogen and oxygen atoms in total. The van der Waals surface area contributed by atoms with Gasteiger partial charge in [0.25, 0.3) is 0 Å². The van der Waals surface area contributed by atoms with E-state index in [0.29, 0.717) is 12.7 Å². The second kappa shape index (κ2) is 7.06. The van der Waals surface area contributed by atoms with E-state index >= 15 is 0 Å². The lowest BCUT2D eigenvalue weighted by molar-refractivity contribution is 0.117. The van der Waals surface area contributed by atoms with Gasteiger partial charge in [0, 0.05) is 0 Å². The Morgan fingerprint density at radius 1 is 1.07 bits per heavy atom.